The van der Waals surface area contributed by atoms with E-state index in [1.807, 2.05) is 0 Å². The van der Waals surface area contributed by atoms with Crippen molar-refractivity contribution in [2.45, 2.75) is 32.1 Å². The standard InChI is InChI=1S/C47H34/c1-47(2)43-27-37(20-23-40(43)41-24-21-38(28-44(41)47)36-17-12-29-6-3-4-7-35(29)26-36)30-10-13-31(14-11-30)39-22-18-34-16-15-32-8-5-9-33-19-25-42(39)46(34)45(32)33/h3-5,8-28H,6-7H2,1-2H3. The van der Waals surface area contributed by atoms with E-state index in [0.717, 1.165) is 12.8 Å². The lowest BCUT2D eigenvalue weighted by molar-refractivity contribution is 0.661. The Morgan fingerprint density at radius 2 is 0.915 bits per heavy atom. The van der Waals surface area contributed by atoms with Gasteiger partial charge in [0.15, 0.2) is 0 Å². The minimum absolute atomic E-state index is 0.0741. The lowest BCUT2D eigenvalue weighted by Gasteiger charge is -2.23. The zero-order valence-corrected chi connectivity index (χ0v) is 26.8. The maximum Gasteiger partial charge on any atom is 0.0159 e. The monoisotopic (exact) mass is 598 g/mol. The zero-order chi connectivity index (χ0) is 31.3. The van der Waals surface area contributed by atoms with Gasteiger partial charge >= 0.3 is 0 Å². The zero-order valence-electron chi connectivity index (χ0n) is 26.8. The van der Waals surface area contributed by atoms with Gasteiger partial charge in [0.1, 0.15) is 0 Å². The Hall–Kier alpha value is -5.46. The summed E-state index contributed by atoms with van der Waals surface area (Å²) in [4.78, 5) is 0. The maximum absolute atomic E-state index is 2.45. The van der Waals surface area contributed by atoms with Gasteiger partial charge in [-0.15, -0.1) is 0 Å². The Labute approximate surface area is 276 Å². The number of hydrogen-bond acceptors (Lipinski definition) is 0. The molecule has 0 fully saturated rings. The van der Waals surface area contributed by atoms with E-state index in [0.29, 0.717) is 0 Å². The van der Waals surface area contributed by atoms with Crippen LogP contribution in [0.25, 0.3) is 76.8 Å². The molecule has 0 unspecified atom stereocenters. The topological polar surface area (TPSA) is 0 Å². The summed E-state index contributed by atoms with van der Waals surface area (Å²) in [7, 11) is 0. The summed E-state index contributed by atoms with van der Waals surface area (Å²) in [5, 5.41) is 7.98. The van der Waals surface area contributed by atoms with E-state index in [2.05, 4.69) is 159 Å². The largest absolute Gasteiger partial charge is 0.0838 e. The highest BCUT2D eigenvalue weighted by atomic mass is 14.4. The molecule has 0 amide bonds. The second-order valence-corrected chi connectivity index (χ2v) is 14.1. The molecule has 47 heavy (non-hydrogen) atoms. The first-order chi connectivity index (χ1) is 23.0. The third-order valence-electron chi connectivity index (χ3n) is 11.1. The van der Waals surface area contributed by atoms with Crippen LogP contribution in [0.3, 0.4) is 0 Å². The van der Waals surface area contributed by atoms with Crippen molar-refractivity contribution < 1.29 is 0 Å². The first kappa shape index (κ1) is 26.7. The van der Waals surface area contributed by atoms with Crippen molar-refractivity contribution in [1.82, 2.24) is 0 Å². The molecule has 0 spiro atoms. The van der Waals surface area contributed by atoms with Crippen LogP contribution in [-0.2, 0) is 18.3 Å². The Kier molecular flexibility index (Phi) is 5.56. The molecule has 0 aliphatic heterocycles. The molecule has 0 atom stereocenters. The number of benzene rings is 8. The molecule has 0 heterocycles. The fraction of sp³-hybridized carbons (Fsp3) is 0.106. The van der Waals surface area contributed by atoms with Crippen LogP contribution in [0.4, 0.5) is 0 Å². The average molecular weight is 599 g/mol. The predicted molar refractivity (Wildman–Crippen MR) is 201 cm³/mol. The van der Waals surface area contributed by atoms with Gasteiger partial charge in [0.25, 0.3) is 0 Å². The van der Waals surface area contributed by atoms with Crippen LogP contribution in [0, 0.1) is 0 Å². The Morgan fingerprint density at radius 3 is 1.64 bits per heavy atom. The quantitative estimate of drug-likeness (QED) is 0.140. The third kappa shape index (κ3) is 3.95. The van der Waals surface area contributed by atoms with Crippen LogP contribution in [0.5, 0.6) is 0 Å². The number of fused-ring (bicyclic) bond motifs is 4. The van der Waals surface area contributed by atoms with Crippen molar-refractivity contribution in [2.75, 3.05) is 0 Å². The lowest BCUT2D eigenvalue weighted by Crippen LogP contribution is -2.15. The molecule has 0 N–H and O–H groups in total. The van der Waals surface area contributed by atoms with Gasteiger partial charge in [-0.25, -0.2) is 0 Å². The Morgan fingerprint density at radius 1 is 0.404 bits per heavy atom. The normalized spacial score (nSPS) is 14.5. The summed E-state index contributed by atoms with van der Waals surface area (Å²) in [5.74, 6) is 0. The molecule has 0 saturated carbocycles. The van der Waals surface area contributed by atoms with E-state index in [1.165, 1.54) is 99.1 Å². The molecule has 0 aromatic heterocycles. The van der Waals surface area contributed by atoms with Crippen LogP contribution in [-0.4, -0.2) is 0 Å². The fourth-order valence-electron chi connectivity index (χ4n) is 8.54. The predicted octanol–water partition coefficient (Wildman–Crippen LogP) is 12.5. The first-order valence-electron chi connectivity index (χ1n) is 16.9. The smallest absolute Gasteiger partial charge is 0.0159 e. The fourth-order valence-corrected chi connectivity index (χ4v) is 8.54. The number of rotatable bonds is 3. The highest BCUT2D eigenvalue weighted by Crippen LogP contribution is 2.51. The maximum atomic E-state index is 2.45. The molecule has 8 aromatic rings. The summed E-state index contributed by atoms with van der Waals surface area (Å²) in [6.45, 7) is 4.78. The molecule has 0 nitrogen and oxygen atoms in total. The van der Waals surface area contributed by atoms with Gasteiger partial charge in [-0.2, -0.15) is 0 Å². The highest BCUT2D eigenvalue weighted by Gasteiger charge is 2.36. The van der Waals surface area contributed by atoms with E-state index in [-0.39, 0.29) is 5.41 Å². The third-order valence-corrected chi connectivity index (χ3v) is 11.1. The van der Waals surface area contributed by atoms with Gasteiger partial charge in [0.05, 0.1) is 0 Å². The van der Waals surface area contributed by atoms with Gasteiger partial charge in [-0.05, 0) is 124 Å². The van der Waals surface area contributed by atoms with Crippen molar-refractivity contribution in [1.29, 1.82) is 0 Å². The minimum Gasteiger partial charge on any atom is -0.0838 e. The van der Waals surface area contributed by atoms with Crippen LogP contribution >= 0.6 is 0 Å². The van der Waals surface area contributed by atoms with Crippen LogP contribution in [0.15, 0.2) is 146 Å². The molecule has 2 aliphatic carbocycles. The van der Waals surface area contributed by atoms with Crippen LogP contribution < -0.4 is 0 Å². The van der Waals surface area contributed by atoms with E-state index < -0.39 is 0 Å². The minimum atomic E-state index is -0.0741. The van der Waals surface area contributed by atoms with Gasteiger partial charge in [0, 0.05) is 5.41 Å². The van der Waals surface area contributed by atoms with Crippen molar-refractivity contribution in [2.24, 2.45) is 0 Å². The van der Waals surface area contributed by atoms with Gasteiger partial charge < -0.3 is 0 Å². The molecule has 10 rings (SSSR count). The number of allylic oxidation sites excluding steroid dienone is 2. The highest BCUT2D eigenvalue weighted by molar-refractivity contribution is 6.25. The van der Waals surface area contributed by atoms with Gasteiger partial charge in [-0.3, -0.25) is 0 Å². The molecule has 8 aromatic carbocycles. The summed E-state index contributed by atoms with van der Waals surface area (Å²) in [6.07, 6.45) is 6.67. The molecular weight excluding hydrogens is 565 g/mol. The Balaban J connectivity index is 1.00. The van der Waals surface area contributed by atoms with Gasteiger partial charge in [-0.1, -0.05) is 147 Å². The SMILES string of the molecule is CC1(C)c2cc(-c3ccc(-c4ccc5ccc6cccc7ccc4c5c67)cc3)ccc2-c2ccc(-c3ccc4c(c3)CC=CC4)cc21. The van der Waals surface area contributed by atoms with Crippen molar-refractivity contribution in [3.8, 4) is 44.5 Å². The lowest BCUT2D eigenvalue weighted by atomic mass is 9.80. The molecular formula is C47H34. The van der Waals surface area contributed by atoms with Crippen molar-refractivity contribution in [3.63, 3.8) is 0 Å². The number of hydrogen-bond donors (Lipinski definition) is 0. The van der Waals surface area contributed by atoms with E-state index >= 15 is 0 Å². The summed E-state index contributed by atoms with van der Waals surface area (Å²) in [5.41, 5.74) is 16.1. The summed E-state index contributed by atoms with van der Waals surface area (Å²) in [6, 6.07) is 50.7. The van der Waals surface area contributed by atoms with E-state index in [1.54, 1.807) is 0 Å². The second-order valence-electron chi connectivity index (χ2n) is 14.1. The molecule has 0 heteroatoms. The molecule has 0 bridgehead atoms. The molecule has 0 radical (unpaired) electrons. The van der Waals surface area contributed by atoms with E-state index in [9.17, 15) is 0 Å². The average Bonchev–Trinajstić information content (AvgIpc) is 3.35. The van der Waals surface area contributed by atoms with Crippen molar-refractivity contribution in [3.05, 3.63) is 168 Å². The first-order valence-corrected chi connectivity index (χ1v) is 16.9. The summed E-state index contributed by atoms with van der Waals surface area (Å²) >= 11 is 0. The summed E-state index contributed by atoms with van der Waals surface area (Å²) < 4.78 is 0. The van der Waals surface area contributed by atoms with Gasteiger partial charge in [0.2, 0.25) is 0 Å². The van der Waals surface area contributed by atoms with Crippen LogP contribution in [0.1, 0.15) is 36.1 Å². The molecule has 2 aliphatic rings. The molecule has 0 saturated heterocycles. The Bertz CT molecular complexity index is 2560. The van der Waals surface area contributed by atoms with Crippen molar-refractivity contribution >= 4 is 32.3 Å². The van der Waals surface area contributed by atoms with E-state index in [4.69, 9.17) is 0 Å². The molecule has 222 valence electrons. The second kappa shape index (κ2) is 9.77. The van der Waals surface area contributed by atoms with Crippen LogP contribution in [0.2, 0.25) is 0 Å².